The maximum atomic E-state index is 12.2. The number of aromatic nitrogens is 2. The maximum absolute atomic E-state index is 12.2. The Bertz CT molecular complexity index is 750. The zero-order valence-corrected chi connectivity index (χ0v) is 12.6. The molecule has 112 valence electrons. The Kier molecular flexibility index (Phi) is 4.19. The van der Waals surface area contributed by atoms with E-state index in [-0.39, 0.29) is 16.5 Å². The molecule has 2 rings (SSSR count). The Morgan fingerprint density at radius 3 is 2.38 bits per heavy atom. The van der Waals surface area contributed by atoms with Gasteiger partial charge in [0.2, 0.25) is 15.9 Å². The molecule has 1 aromatic heterocycles. The van der Waals surface area contributed by atoms with Gasteiger partial charge in [0.15, 0.2) is 11.6 Å². The van der Waals surface area contributed by atoms with E-state index < -0.39 is 16.1 Å². The minimum Gasteiger partial charge on any atom is -0.340 e. The zero-order valence-electron chi connectivity index (χ0n) is 11.8. The average molecular weight is 309 g/mol. The number of hydrogen-bond acceptors (Lipinski definition) is 6. The average Bonchev–Trinajstić information content (AvgIpc) is 2.85. The van der Waals surface area contributed by atoms with E-state index in [1.54, 1.807) is 13.8 Å². The van der Waals surface area contributed by atoms with Crippen LogP contribution in [0.1, 0.15) is 42.0 Å². The summed E-state index contributed by atoms with van der Waals surface area (Å²) < 4.78 is 31.7. The number of sulfonamides is 1. The Hall–Kier alpha value is -2.06. The number of Topliss-reactive ketones (excluding diaryl/α,β-unsaturated/α-hetero) is 1. The van der Waals surface area contributed by atoms with Crippen LogP contribution >= 0.6 is 0 Å². The summed E-state index contributed by atoms with van der Waals surface area (Å²) >= 11 is 0. The molecular weight excluding hydrogens is 294 g/mol. The van der Waals surface area contributed by atoms with E-state index in [4.69, 9.17) is 4.52 Å². The van der Waals surface area contributed by atoms with Crippen molar-refractivity contribution in [2.24, 2.45) is 0 Å². The quantitative estimate of drug-likeness (QED) is 0.842. The minimum atomic E-state index is -3.72. The second kappa shape index (κ2) is 5.74. The molecule has 1 N–H and O–H groups in total. The van der Waals surface area contributed by atoms with Gasteiger partial charge < -0.3 is 4.52 Å². The van der Waals surface area contributed by atoms with E-state index in [1.807, 2.05) is 0 Å². The molecule has 8 heteroatoms. The van der Waals surface area contributed by atoms with Crippen LogP contribution in [-0.4, -0.2) is 24.3 Å². The van der Waals surface area contributed by atoms with Gasteiger partial charge in [-0.15, -0.1) is 0 Å². The summed E-state index contributed by atoms with van der Waals surface area (Å²) in [4.78, 5) is 15.2. The largest absolute Gasteiger partial charge is 0.340 e. The Balaban J connectivity index is 2.19. The van der Waals surface area contributed by atoms with Crippen LogP contribution in [-0.2, 0) is 10.0 Å². The van der Waals surface area contributed by atoms with Gasteiger partial charge in [0.1, 0.15) is 0 Å². The number of rotatable bonds is 5. The molecule has 21 heavy (non-hydrogen) atoms. The van der Waals surface area contributed by atoms with E-state index in [9.17, 15) is 13.2 Å². The van der Waals surface area contributed by atoms with Crippen LogP contribution in [0.3, 0.4) is 0 Å². The van der Waals surface area contributed by atoms with Gasteiger partial charge >= 0.3 is 0 Å². The molecule has 0 aliphatic heterocycles. The smallest absolute Gasteiger partial charge is 0.241 e. The molecule has 0 saturated carbocycles. The van der Waals surface area contributed by atoms with Crippen LogP contribution in [0.15, 0.2) is 33.7 Å². The highest BCUT2D eigenvalue weighted by Crippen LogP contribution is 2.15. The molecule has 0 aliphatic rings. The van der Waals surface area contributed by atoms with Gasteiger partial charge in [-0.3, -0.25) is 4.79 Å². The first-order valence-electron chi connectivity index (χ1n) is 6.23. The van der Waals surface area contributed by atoms with E-state index in [2.05, 4.69) is 14.9 Å². The lowest BCUT2D eigenvalue weighted by atomic mass is 10.2. The van der Waals surface area contributed by atoms with Gasteiger partial charge in [-0.1, -0.05) is 17.3 Å². The van der Waals surface area contributed by atoms with Crippen molar-refractivity contribution in [3.05, 3.63) is 41.5 Å². The van der Waals surface area contributed by atoms with Crippen LogP contribution in [0.2, 0.25) is 0 Å². The lowest BCUT2D eigenvalue weighted by Gasteiger charge is -2.11. The molecule has 1 heterocycles. The minimum absolute atomic E-state index is 0.0690. The Labute approximate surface area is 122 Å². The summed E-state index contributed by atoms with van der Waals surface area (Å²) in [6, 6.07) is 5.08. The SMILES string of the molecule is CC(=O)c1ccc(S(=O)(=O)NC(C)c2noc(C)n2)cc1. The number of hydrogen-bond donors (Lipinski definition) is 1. The van der Waals surface area contributed by atoms with E-state index in [1.165, 1.54) is 31.2 Å². The van der Waals surface area contributed by atoms with Crippen molar-refractivity contribution >= 4 is 15.8 Å². The molecule has 0 saturated heterocycles. The first-order chi connectivity index (χ1) is 9.79. The molecule has 1 unspecified atom stereocenters. The lowest BCUT2D eigenvalue weighted by molar-refractivity contribution is 0.101. The van der Waals surface area contributed by atoms with E-state index in [0.29, 0.717) is 11.5 Å². The number of nitrogens with one attached hydrogen (secondary N) is 1. The summed E-state index contributed by atoms with van der Waals surface area (Å²) in [5.74, 6) is 0.501. The third-order valence-electron chi connectivity index (χ3n) is 2.83. The van der Waals surface area contributed by atoms with Crippen LogP contribution < -0.4 is 4.72 Å². The monoisotopic (exact) mass is 309 g/mol. The highest BCUT2D eigenvalue weighted by atomic mass is 32.2. The number of carbonyl (C=O) groups excluding carboxylic acids is 1. The Morgan fingerprint density at radius 2 is 1.90 bits per heavy atom. The predicted octanol–water partition coefficient (Wildman–Crippen LogP) is 1.62. The topological polar surface area (TPSA) is 102 Å². The standard InChI is InChI=1S/C13H15N3O4S/c1-8(13-14-10(3)20-15-13)16-21(18,19)12-6-4-11(5-7-12)9(2)17/h4-8,16H,1-3H3. The molecular formula is C13H15N3O4S. The summed E-state index contributed by atoms with van der Waals surface area (Å²) in [5, 5.41) is 3.67. The van der Waals surface area contributed by atoms with Crippen molar-refractivity contribution in [2.45, 2.75) is 31.7 Å². The van der Waals surface area contributed by atoms with Crippen molar-refractivity contribution in [1.29, 1.82) is 0 Å². The first-order valence-corrected chi connectivity index (χ1v) is 7.71. The van der Waals surface area contributed by atoms with Gasteiger partial charge in [0.25, 0.3) is 0 Å². The highest BCUT2D eigenvalue weighted by Gasteiger charge is 2.21. The maximum Gasteiger partial charge on any atom is 0.241 e. The predicted molar refractivity (Wildman–Crippen MR) is 74.2 cm³/mol. The summed E-state index contributed by atoms with van der Waals surface area (Å²) in [6.07, 6.45) is 0. The van der Waals surface area contributed by atoms with Crippen LogP contribution in [0.25, 0.3) is 0 Å². The van der Waals surface area contributed by atoms with Gasteiger partial charge in [-0.25, -0.2) is 13.1 Å². The molecule has 2 aromatic rings. The molecule has 1 atom stereocenters. The van der Waals surface area contributed by atoms with Crippen LogP contribution in [0.5, 0.6) is 0 Å². The van der Waals surface area contributed by atoms with Gasteiger partial charge in [0, 0.05) is 12.5 Å². The normalized spacial score (nSPS) is 13.1. The van der Waals surface area contributed by atoms with Crippen molar-refractivity contribution in [2.75, 3.05) is 0 Å². The van der Waals surface area contributed by atoms with Crippen molar-refractivity contribution in [1.82, 2.24) is 14.9 Å². The van der Waals surface area contributed by atoms with Gasteiger partial charge in [-0.05, 0) is 26.0 Å². The van der Waals surface area contributed by atoms with E-state index >= 15 is 0 Å². The summed E-state index contributed by atoms with van der Waals surface area (Å²) in [5.41, 5.74) is 0.454. The number of benzene rings is 1. The molecule has 0 radical (unpaired) electrons. The second-order valence-electron chi connectivity index (χ2n) is 4.60. The number of aryl methyl sites for hydroxylation is 1. The fraction of sp³-hybridized carbons (Fsp3) is 0.308. The molecule has 0 amide bonds. The lowest BCUT2D eigenvalue weighted by Crippen LogP contribution is -2.27. The Morgan fingerprint density at radius 1 is 1.29 bits per heavy atom. The number of ketones is 1. The number of carbonyl (C=O) groups is 1. The molecule has 0 aliphatic carbocycles. The van der Waals surface area contributed by atoms with Crippen molar-refractivity contribution in [3.8, 4) is 0 Å². The fourth-order valence-corrected chi connectivity index (χ4v) is 2.91. The zero-order chi connectivity index (χ0) is 15.6. The summed E-state index contributed by atoms with van der Waals surface area (Å²) in [7, 11) is -3.72. The van der Waals surface area contributed by atoms with Gasteiger partial charge in [-0.2, -0.15) is 4.98 Å². The molecule has 1 aromatic carbocycles. The third-order valence-corrected chi connectivity index (χ3v) is 4.39. The third kappa shape index (κ3) is 3.53. The van der Waals surface area contributed by atoms with Crippen LogP contribution in [0.4, 0.5) is 0 Å². The van der Waals surface area contributed by atoms with Crippen molar-refractivity contribution in [3.63, 3.8) is 0 Å². The molecule has 7 nitrogen and oxygen atoms in total. The van der Waals surface area contributed by atoms with Crippen molar-refractivity contribution < 1.29 is 17.7 Å². The fourth-order valence-electron chi connectivity index (χ4n) is 1.71. The molecule has 0 fully saturated rings. The highest BCUT2D eigenvalue weighted by molar-refractivity contribution is 7.89. The molecule has 0 bridgehead atoms. The van der Waals surface area contributed by atoms with E-state index in [0.717, 1.165) is 0 Å². The molecule has 0 spiro atoms. The summed E-state index contributed by atoms with van der Waals surface area (Å²) in [6.45, 7) is 4.66. The van der Waals surface area contributed by atoms with Crippen LogP contribution in [0, 0.1) is 6.92 Å². The van der Waals surface area contributed by atoms with Gasteiger partial charge in [0.05, 0.1) is 10.9 Å². The second-order valence-corrected chi connectivity index (χ2v) is 6.31. The first kappa shape index (κ1) is 15.3. The number of nitrogens with zero attached hydrogens (tertiary/aromatic N) is 2.